The number of hydrogen-bond donors (Lipinski definition) is 1. The molecule has 0 aromatic carbocycles. The van der Waals surface area contributed by atoms with Crippen molar-refractivity contribution in [2.75, 3.05) is 38.5 Å². The van der Waals surface area contributed by atoms with E-state index in [1.807, 2.05) is 6.07 Å². The summed E-state index contributed by atoms with van der Waals surface area (Å²) in [4.78, 5) is 45.4. The lowest BCUT2D eigenvalue weighted by atomic mass is 10.2. The SMILES string of the molecule is COC(=O)Cn1c(-c2nn(C(=O)c3cscn3)c(NCc3ccc(Cl)s3)c2OC)c(N(C)C)ccc1=O. The van der Waals surface area contributed by atoms with Crippen molar-refractivity contribution < 1.29 is 19.1 Å². The van der Waals surface area contributed by atoms with Crippen LogP contribution in [0.1, 0.15) is 15.4 Å². The van der Waals surface area contributed by atoms with Gasteiger partial charge in [-0.05, 0) is 18.2 Å². The van der Waals surface area contributed by atoms with Gasteiger partial charge in [-0.3, -0.25) is 19.0 Å². The first-order valence-corrected chi connectivity index (χ1v) is 12.9. The molecule has 37 heavy (non-hydrogen) atoms. The zero-order chi connectivity index (χ0) is 26.7. The molecule has 0 fully saturated rings. The highest BCUT2D eigenvalue weighted by molar-refractivity contribution is 7.16. The van der Waals surface area contributed by atoms with Gasteiger partial charge in [-0.2, -0.15) is 9.78 Å². The number of thiophene rings is 1. The summed E-state index contributed by atoms with van der Waals surface area (Å²) in [6.45, 7) is -0.0353. The maximum atomic E-state index is 13.4. The zero-order valence-corrected chi connectivity index (χ0v) is 22.7. The van der Waals surface area contributed by atoms with E-state index in [0.29, 0.717) is 16.6 Å². The third-order valence-electron chi connectivity index (χ3n) is 5.33. The van der Waals surface area contributed by atoms with Crippen LogP contribution in [0.2, 0.25) is 4.34 Å². The van der Waals surface area contributed by atoms with E-state index in [2.05, 4.69) is 15.4 Å². The number of nitrogens with one attached hydrogen (secondary N) is 1. The van der Waals surface area contributed by atoms with Gasteiger partial charge in [0.25, 0.3) is 11.5 Å². The molecule has 0 saturated heterocycles. The molecule has 0 atom stereocenters. The van der Waals surface area contributed by atoms with Crippen LogP contribution in [0.25, 0.3) is 11.4 Å². The number of hydrogen-bond acceptors (Lipinski definition) is 11. The van der Waals surface area contributed by atoms with Gasteiger partial charge in [0.05, 0.1) is 42.0 Å². The van der Waals surface area contributed by atoms with Crippen molar-refractivity contribution in [2.45, 2.75) is 13.1 Å². The number of rotatable bonds is 9. The second kappa shape index (κ2) is 11.2. The maximum absolute atomic E-state index is 13.4. The molecule has 4 rings (SSSR count). The Labute approximate surface area is 224 Å². The standard InChI is InChI=1S/C23H23ClN6O5S2/c1-28(2)15-6-8-17(31)29(10-18(32)34-3)20(15)19-21(35-4)22(25-9-13-5-7-16(24)37-13)30(27-19)23(33)14-11-36-12-26-14/h5-8,11-12,25H,9-10H2,1-4H3. The number of ether oxygens (including phenoxy) is 2. The van der Waals surface area contributed by atoms with Crippen molar-refractivity contribution in [3.63, 3.8) is 0 Å². The third kappa shape index (κ3) is 5.38. The highest BCUT2D eigenvalue weighted by Crippen LogP contribution is 2.40. The Morgan fingerprint density at radius 2 is 1.97 bits per heavy atom. The van der Waals surface area contributed by atoms with Crippen LogP contribution in [0.4, 0.5) is 11.5 Å². The van der Waals surface area contributed by atoms with E-state index >= 15 is 0 Å². The molecule has 0 amide bonds. The molecule has 0 unspecified atom stereocenters. The molecule has 11 nitrogen and oxygen atoms in total. The highest BCUT2D eigenvalue weighted by Gasteiger charge is 2.30. The van der Waals surface area contributed by atoms with Gasteiger partial charge in [-0.1, -0.05) is 11.6 Å². The van der Waals surface area contributed by atoms with Crippen LogP contribution in [0.5, 0.6) is 5.75 Å². The minimum atomic E-state index is -0.621. The number of methoxy groups -OCH3 is 2. The molecule has 14 heteroatoms. The number of carbonyl (C=O) groups excluding carboxylic acids is 2. The highest BCUT2D eigenvalue weighted by atomic mass is 35.5. The molecule has 0 aliphatic heterocycles. The van der Waals surface area contributed by atoms with Crippen LogP contribution in [-0.4, -0.2) is 59.5 Å². The van der Waals surface area contributed by atoms with Gasteiger partial charge < -0.3 is 19.7 Å². The fourth-order valence-corrected chi connectivity index (χ4v) is 5.18. The molecule has 194 valence electrons. The number of carbonyl (C=O) groups is 2. The molecular weight excluding hydrogens is 540 g/mol. The first-order valence-electron chi connectivity index (χ1n) is 10.8. The summed E-state index contributed by atoms with van der Waals surface area (Å²) in [5, 5.41) is 9.42. The molecule has 4 aromatic rings. The fraction of sp³-hybridized carbons (Fsp3) is 0.261. The van der Waals surface area contributed by atoms with Crippen molar-refractivity contribution in [3.05, 3.63) is 60.4 Å². The third-order valence-corrected chi connectivity index (χ3v) is 7.15. The Kier molecular flexibility index (Phi) is 7.95. The summed E-state index contributed by atoms with van der Waals surface area (Å²) in [7, 11) is 6.25. The van der Waals surface area contributed by atoms with Crippen molar-refractivity contribution >= 4 is 57.7 Å². The number of aromatic nitrogens is 4. The Morgan fingerprint density at radius 3 is 2.57 bits per heavy atom. The molecule has 4 aromatic heterocycles. The number of thiazole rings is 1. The maximum Gasteiger partial charge on any atom is 0.325 e. The summed E-state index contributed by atoms with van der Waals surface area (Å²) in [5.74, 6) is -0.657. The summed E-state index contributed by atoms with van der Waals surface area (Å²) in [6.07, 6.45) is 0. The van der Waals surface area contributed by atoms with Crippen LogP contribution in [0, 0.1) is 0 Å². The van der Waals surface area contributed by atoms with Crippen LogP contribution in [0.15, 0.2) is 40.0 Å². The average molecular weight is 563 g/mol. The van der Waals surface area contributed by atoms with E-state index in [1.165, 1.54) is 47.5 Å². The molecule has 1 N–H and O–H groups in total. The monoisotopic (exact) mass is 562 g/mol. The van der Waals surface area contributed by atoms with E-state index in [1.54, 1.807) is 42.0 Å². The summed E-state index contributed by atoms with van der Waals surface area (Å²) >= 11 is 8.74. The number of nitrogens with zero attached hydrogens (tertiary/aromatic N) is 5. The number of anilines is 2. The summed E-state index contributed by atoms with van der Waals surface area (Å²) < 4.78 is 13.6. The molecule has 0 aliphatic rings. The molecule has 0 bridgehead atoms. The molecule has 0 spiro atoms. The number of pyridine rings is 1. The van der Waals surface area contributed by atoms with E-state index < -0.39 is 17.4 Å². The van der Waals surface area contributed by atoms with Gasteiger partial charge in [0.15, 0.2) is 17.3 Å². The van der Waals surface area contributed by atoms with Crippen LogP contribution in [0.3, 0.4) is 0 Å². The van der Waals surface area contributed by atoms with Crippen molar-refractivity contribution in [1.82, 2.24) is 19.3 Å². The molecule has 0 radical (unpaired) electrons. The largest absolute Gasteiger partial charge is 0.491 e. The lowest BCUT2D eigenvalue weighted by Gasteiger charge is -2.20. The van der Waals surface area contributed by atoms with Crippen LogP contribution < -0.4 is 20.5 Å². The van der Waals surface area contributed by atoms with Gasteiger partial charge in [0.2, 0.25) is 0 Å². The molecule has 0 aliphatic carbocycles. The van der Waals surface area contributed by atoms with Crippen LogP contribution in [-0.2, 0) is 22.6 Å². The van der Waals surface area contributed by atoms with Crippen LogP contribution >= 0.6 is 34.3 Å². The Balaban J connectivity index is 1.95. The molecule has 4 heterocycles. The average Bonchev–Trinajstić information content (AvgIpc) is 3.63. The molecular formula is C23H23ClN6O5S2. The summed E-state index contributed by atoms with van der Waals surface area (Å²) in [5.41, 5.74) is 2.33. The quantitative estimate of drug-likeness (QED) is 0.306. The first-order chi connectivity index (χ1) is 17.7. The van der Waals surface area contributed by atoms with Gasteiger partial charge >= 0.3 is 5.97 Å². The fourth-order valence-electron chi connectivity index (χ4n) is 3.63. The van der Waals surface area contributed by atoms with Crippen molar-refractivity contribution in [2.24, 2.45) is 0 Å². The van der Waals surface area contributed by atoms with Crippen molar-refractivity contribution in [1.29, 1.82) is 0 Å². The topological polar surface area (TPSA) is 121 Å². The second-order valence-electron chi connectivity index (χ2n) is 7.84. The minimum absolute atomic E-state index is 0.183. The lowest BCUT2D eigenvalue weighted by Crippen LogP contribution is -2.28. The number of esters is 1. The van der Waals surface area contributed by atoms with E-state index in [9.17, 15) is 14.4 Å². The second-order valence-corrected chi connectivity index (χ2v) is 10.4. The Morgan fingerprint density at radius 1 is 1.19 bits per heavy atom. The Hall–Kier alpha value is -3.68. The lowest BCUT2D eigenvalue weighted by molar-refractivity contribution is -0.141. The van der Waals surface area contributed by atoms with Gasteiger partial charge in [0, 0.05) is 30.4 Å². The smallest absolute Gasteiger partial charge is 0.325 e. The first kappa shape index (κ1) is 26.4. The van der Waals surface area contributed by atoms with Gasteiger partial charge in [0.1, 0.15) is 12.2 Å². The van der Waals surface area contributed by atoms with Crippen molar-refractivity contribution in [3.8, 4) is 17.1 Å². The number of halogens is 1. The predicted octanol–water partition coefficient (Wildman–Crippen LogP) is 3.43. The van der Waals surface area contributed by atoms with E-state index in [0.717, 1.165) is 9.56 Å². The molecule has 0 saturated carbocycles. The van der Waals surface area contributed by atoms with E-state index in [4.69, 9.17) is 21.1 Å². The van der Waals surface area contributed by atoms with Gasteiger partial charge in [-0.25, -0.2) is 4.98 Å². The Bertz CT molecular complexity index is 1490. The van der Waals surface area contributed by atoms with E-state index in [-0.39, 0.29) is 35.2 Å². The van der Waals surface area contributed by atoms with Gasteiger partial charge in [-0.15, -0.1) is 22.7 Å². The zero-order valence-electron chi connectivity index (χ0n) is 20.4. The normalized spacial score (nSPS) is 10.8. The summed E-state index contributed by atoms with van der Waals surface area (Å²) in [6, 6.07) is 6.62. The predicted molar refractivity (Wildman–Crippen MR) is 143 cm³/mol. The minimum Gasteiger partial charge on any atom is -0.491 e.